The molecule has 0 spiro atoms. The maximum atomic E-state index is 13.4. The highest BCUT2D eigenvalue weighted by molar-refractivity contribution is 5.70. The highest BCUT2D eigenvalue weighted by atomic mass is 19.1. The van der Waals surface area contributed by atoms with E-state index in [2.05, 4.69) is 17.2 Å². The number of aromatic nitrogens is 1. The zero-order valence-electron chi connectivity index (χ0n) is 11.4. The van der Waals surface area contributed by atoms with E-state index in [0.29, 0.717) is 6.54 Å². The number of halogens is 1. The quantitative estimate of drug-likeness (QED) is 0.827. The Kier molecular flexibility index (Phi) is 4.63. The molecule has 2 aromatic rings. The van der Waals surface area contributed by atoms with E-state index in [1.54, 1.807) is 12.3 Å². The van der Waals surface area contributed by atoms with Gasteiger partial charge in [0.15, 0.2) is 0 Å². The van der Waals surface area contributed by atoms with Gasteiger partial charge in [0, 0.05) is 18.9 Å². The second-order valence-corrected chi connectivity index (χ2v) is 4.67. The highest BCUT2D eigenvalue weighted by Crippen LogP contribution is 2.26. The third-order valence-electron chi connectivity index (χ3n) is 3.12. The summed E-state index contributed by atoms with van der Waals surface area (Å²) in [6.07, 6.45) is 4.68. The van der Waals surface area contributed by atoms with Gasteiger partial charge in [-0.3, -0.25) is 4.98 Å². The van der Waals surface area contributed by atoms with E-state index in [1.165, 1.54) is 6.07 Å². The molecule has 0 aliphatic carbocycles. The Morgan fingerprint density at radius 3 is 2.79 bits per heavy atom. The van der Waals surface area contributed by atoms with E-state index in [9.17, 15) is 4.39 Å². The molecule has 0 fully saturated rings. The Balaban J connectivity index is 2.36. The van der Waals surface area contributed by atoms with Crippen LogP contribution in [0.15, 0.2) is 36.7 Å². The molecule has 2 nitrogen and oxygen atoms in total. The van der Waals surface area contributed by atoms with Crippen molar-refractivity contribution in [3.63, 3.8) is 0 Å². The van der Waals surface area contributed by atoms with Gasteiger partial charge in [0.1, 0.15) is 5.82 Å². The zero-order valence-corrected chi connectivity index (χ0v) is 11.4. The van der Waals surface area contributed by atoms with Crippen LogP contribution in [0.25, 0.3) is 11.1 Å². The molecule has 0 atom stereocenters. The van der Waals surface area contributed by atoms with Crippen LogP contribution in [-0.2, 0) is 6.54 Å². The molecule has 1 heterocycles. The SMILES string of the molecule is CCCNCc1cc(F)ccc1-c1ccncc1C. The molecule has 0 radical (unpaired) electrons. The predicted octanol–water partition coefficient (Wildman–Crippen LogP) is 3.70. The van der Waals surface area contributed by atoms with Gasteiger partial charge in [-0.25, -0.2) is 4.39 Å². The van der Waals surface area contributed by atoms with E-state index in [-0.39, 0.29) is 5.82 Å². The van der Waals surface area contributed by atoms with Gasteiger partial charge in [-0.05, 0) is 60.3 Å². The van der Waals surface area contributed by atoms with Crippen LogP contribution in [0.1, 0.15) is 24.5 Å². The fourth-order valence-corrected chi connectivity index (χ4v) is 2.15. The first kappa shape index (κ1) is 13.7. The Morgan fingerprint density at radius 1 is 1.21 bits per heavy atom. The number of hydrogen-bond acceptors (Lipinski definition) is 2. The minimum atomic E-state index is -0.191. The predicted molar refractivity (Wildman–Crippen MR) is 76.4 cm³/mol. The fourth-order valence-electron chi connectivity index (χ4n) is 2.15. The molecule has 1 N–H and O–H groups in total. The Labute approximate surface area is 113 Å². The summed E-state index contributed by atoms with van der Waals surface area (Å²) in [5.74, 6) is -0.191. The lowest BCUT2D eigenvalue weighted by molar-refractivity contribution is 0.619. The van der Waals surface area contributed by atoms with Crippen LogP contribution in [0, 0.1) is 12.7 Å². The van der Waals surface area contributed by atoms with E-state index in [1.807, 2.05) is 25.3 Å². The summed E-state index contributed by atoms with van der Waals surface area (Å²) in [5.41, 5.74) is 4.28. The summed E-state index contributed by atoms with van der Waals surface area (Å²) >= 11 is 0. The Morgan fingerprint density at radius 2 is 2.05 bits per heavy atom. The maximum absolute atomic E-state index is 13.4. The lowest BCUT2D eigenvalue weighted by Gasteiger charge is -2.12. The van der Waals surface area contributed by atoms with Gasteiger partial charge in [0.2, 0.25) is 0 Å². The van der Waals surface area contributed by atoms with Crippen molar-refractivity contribution in [2.24, 2.45) is 0 Å². The van der Waals surface area contributed by atoms with Crippen molar-refractivity contribution in [1.29, 1.82) is 0 Å². The van der Waals surface area contributed by atoms with Crippen molar-refractivity contribution >= 4 is 0 Å². The van der Waals surface area contributed by atoms with E-state index in [4.69, 9.17) is 0 Å². The smallest absolute Gasteiger partial charge is 0.123 e. The minimum Gasteiger partial charge on any atom is -0.313 e. The molecule has 0 saturated heterocycles. The van der Waals surface area contributed by atoms with Gasteiger partial charge in [-0.15, -0.1) is 0 Å². The molecule has 0 saturated carbocycles. The Hall–Kier alpha value is -1.74. The molecule has 0 aliphatic rings. The maximum Gasteiger partial charge on any atom is 0.123 e. The molecule has 2 rings (SSSR count). The van der Waals surface area contributed by atoms with Gasteiger partial charge in [0.05, 0.1) is 0 Å². The fraction of sp³-hybridized carbons (Fsp3) is 0.312. The zero-order chi connectivity index (χ0) is 13.7. The van der Waals surface area contributed by atoms with Crippen LogP contribution in [0.3, 0.4) is 0 Å². The molecule has 3 heteroatoms. The Bertz CT molecular complexity index is 552. The molecule has 19 heavy (non-hydrogen) atoms. The molecule has 0 aliphatic heterocycles. The number of hydrogen-bond donors (Lipinski definition) is 1. The minimum absolute atomic E-state index is 0.191. The standard InChI is InChI=1S/C16H19FN2/c1-3-7-18-11-13-9-14(17)4-5-16(13)15-6-8-19-10-12(15)2/h4-6,8-10,18H,3,7,11H2,1-2H3. The summed E-state index contributed by atoms with van der Waals surface area (Å²) in [6, 6.07) is 6.95. The number of benzene rings is 1. The van der Waals surface area contributed by atoms with E-state index >= 15 is 0 Å². The van der Waals surface area contributed by atoms with Gasteiger partial charge >= 0.3 is 0 Å². The lowest BCUT2D eigenvalue weighted by atomic mass is 9.97. The summed E-state index contributed by atoms with van der Waals surface area (Å²) in [4.78, 5) is 4.10. The normalized spacial score (nSPS) is 10.7. The first-order valence-corrected chi connectivity index (χ1v) is 6.62. The summed E-state index contributed by atoms with van der Waals surface area (Å²) in [7, 11) is 0. The van der Waals surface area contributed by atoms with Crippen LogP contribution in [0.2, 0.25) is 0 Å². The molecular weight excluding hydrogens is 239 g/mol. The van der Waals surface area contributed by atoms with Crippen LogP contribution in [0.5, 0.6) is 0 Å². The van der Waals surface area contributed by atoms with Crippen LogP contribution in [-0.4, -0.2) is 11.5 Å². The molecule has 0 unspecified atom stereocenters. The monoisotopic (exact) mass is 258 g/mol. The van der Waals surface area contributed by atoms with Gasteiger partial charge in [-0.2, -0.15) is 0 Å². The van der Waals surface area contributed by atoms with Gasteiger partial charge in [-0.1, -0.05) is 13.0 Å². The van der Waals surface area contributed by atoms with Crippen LogP contribution >= 0.6 is 0 Å². The molecule has 0 amide bonds. The largest absolute Gasteiger partial charge is 0.313 e. The van der Waals surface area contributed by atoms with Crippen molar-refractivity contribution < 1.29 is 4.39 Å². The van der Waals surface area contributed by atoms with Crippen molar-refractivity contribution in [2.45, 2.75) is 26.8 Å². The summed E-state index contributed by atoms with van der Waals surface area (Å²) in [5, 5.41) is 3.33. The number of rotatable bonds is 5. The highest BCUT2D eigenvalue weighted by Gasteiger charge is 2.08. The number of nitrogens with zero attached hydrogens (tertiary/aromatic N) is 1. The third-order valence-corrected chi connectivity index (χ3v) is 3.12. The van der Waals surface area contributed by atoms with Crippen molar-refractivity contribution in [1.82, 2.24) is 10.3 Å². The van der Waals surface area contributed by atoms with Crippen molar-refractivity contribution in [2.75, 3.05) is 6.54 Å². The average Bonchev–Trinajstić information content (AvgIpc) is 2.40. The number of aryl methyl sites for hydroxylation is 1. The van der Waals surface area contributed by atoms with Crippen LogP contribution < -0.4 is 5.32 Å². The molecule has 0 bridgehead atoms. The molecule has 100 valence electrons. The van der Waals surface area contributed by atoms with Crippen LogP contribution in [0.4, 0.5) is 4.39 Å². The molecular formula is C16H19FN2. The van der Waals surface area contributed by atoms with Crippen molar-refractivity contribution in [3.8, 4) is 11.1 Å². The van der Waals surface area contributed by atoms with Gasteiger partial charge in [0.25, 0.3) is 0 Å². The first-order chi connectivity index (χ1) is 9.22. The lowest BCUT2D eigenvalue weighted by Crippen LogP contribution is -2.14. The van der Waals surface area contributed by atoms with Crippen molar-refractivity contribution in [3.05, 3.63) is 53.6 Å². The third kappa shape index (κ3) is 3.38. The second-order valence-electron chi connectivity index (χ2n) is 4.67. The number of nitrogens with one attached hydrogen (secondary N) is 1. The number of pyridine rings is 1. The average molecular weight is 258 g/mol. The summed E-state index contributed by atoms with van der Waals surface area (Å²) in [6.45, 7) is 5.76. The molecule has 1 aromatic carbocycles. The van der Waals surface area contributed by atoms with E-state index < -0.39 is 0 Å². The van der Waals surface area contributed by atoms with Gasteiger partial charge < -0.3 is 5.32 Å². The topological polar surface area (TPSA) is 24.9 Å². The van der Waals surface area contributed by atoms with E-state index in [0.717, 1.165) is 35.2 Å². The summed E-state index contributed by atoms with van der Waals surface area (Å²) < 4.78 is 13.4. The first-order valence-electron chi connectivity index (χ1n) is 6.62. The molecule has 1 aromatic heterocycles. The second kappa shape index (κ2) is 6.43.